The summed E-state index contributed by atoms with van der Waals surface area (Å²) in [6.07, 6.45) is 2.01. The van der Waals surface area contributed by atoms with E-state index in [-0.39, 0.29) is 11.7 Å². The number of carbonyl (C=O) groups is 2. The van der Waals surface area contributed by atoms with Crippen LogP contribution in [0, 0.1) is 0 Å². The fourth-order valence-electron chi connectivity index (χ4n) is 1.52. The standard InChI is InChI=1S/C12H20N4O3/c1-4-5-6-8(12(18)19)13-11(17)10-14-9(7(2)3)15-16-10/h7-8H,4-6H2,1-3H3,(H,13,17)(H,18,19)(H,14,15,16). The molecule has 3 N–H and O–H groups in total. The minimum absolute atomic E-state index is 0.0218. The van der Waals surface area contributed by atoms with Crippen LogP contribution in [-0.2, 0) is 4.79 Å². The number of aromatic nitrogens is 3. The van der Waals surface area contributed by atoms with E-state index in [1.54, 1.807) is 0 Å². The first-order valence-corrected chi connectivity index (χ1v) is 6.41. The molecule has 0 aliphatic rings. The van der Waals surface area contributed by atoms with Crippen LogP contribution in [0.2, 0.25) is 0 Å². The first kappa shape index (κ1) is 15.1. The van der Waals surface area contributed by atoms with Gasteiger partial charge in [-0.05, 0) is 6.42 Å². The van der Waals surface area contributed by atoms with Crippen molar-refractivity contribution in [3.8, 4) is 0 Å². The third kappa shape index (κ3) is 4.35. The van der Waals surface area contributed by atoms with Crippen LogP contribution in [0.25, 0.3) is 0 Å². The highest BCUT2D eigenvalue weighted by Gasteiger charge is 2.22. The Balaban J connectivity index is 2.67. The topological polar surface area (TPSA) is 108 Å². The third-order valence-corrected chi connectivity index (χ3v) is 2.70. The predicted molar refractivity (Wildman–Crippen MR) is 68.9 cm³/mol. The number of H-pyrrole nitrogens is 1. The van der Waals surface area contributed by atoms with Gasteiger partial charge in [-0.25, -0.2) is 9.78 Å². The molecule has 1 aromatic heterocycles. The molecule has 0 saturated heterocycles. The van der Waals surface area contributed by atoms with Crippen LogP contribution in [0.3, 0.4) is 0 Å². The first-order chi connectivity index (χ1) is 8.95. The highest BCUT2D eigenvalue weighted by molar-refractivity contribution is 5.93. The Labute approximate surface area is 111 Å². The molecule has 1 heterocycles. The van der Waals surface area contributed by atoms with Crippen molar-refractivity contribution in [2.75, 3.05) is 0 Å². The molecule has 0 aliphatic heterocycles. The minimum atomic E-state index is -1.04. The van der Waals surface area contributed by atoms with E-state index in [0.717, 1.165) is 12.8 Å². The van der Waals surface area contributed by atoms with Crippen LogP contribution in [0.4, 0.5) is 0 Å². The summed E-state index contributed by atoms with van der Waals surface area (Å²) in [6, 6.07) is -0.895. The van der Waals surface area contributed by atoms with E-state index in [4.69, 9.17) is 5.11 Å². The van der Waals surface area contributed by atoms with Crippen molar-refractivity contribution in [3.05, 3.63) is 11.6 Å². The number of amides is 1. The highest BCUT2D eigenvalue weighted by Crippen LogP contribution is 2.08. The van der Waals surface area contributed by atoms with Gasteiger partial charge in [0.1, 0.15) is 11.9 Å². The number of carboxylic acids is 1. The van der Waals surface area contributed by atoms with E-state index < -0.39 is 17.9 Å². The van der Waals surface area contributed by atoms with Crippen LogP contribution in [-0.4, -0.2) is 38.2 Å². The predicted octanol–water partition coefficient (Wildman–Crippen LogP) is 1.30. The van der Waals surface area contributed by atoms with Crippen molar-refractivity contribution in [2.45, 2.75) is 52.0 Å². The molecule has 1 amide bonds. The zero-order chi connectivity index (χ0) is 14.4. The van der Waals surface area contributed by atoms with Gasteiger partial charge in [-0.15, -0.1) is 5.10 Å². The fraction of sp³-hybridized carbons (Fsp3) is 0.667. The van der Waals surface area contributed by atoms with E-state index in [0.29, 0.717) is 12.2 Å². The maximum atomic E-state index is 11.8. The number of nitrogens with zero attached hydrogens (tertiary/aromatic N) is 2. The number of carboxylic acid groups (broad SMARTS) is 1. The van der Waals surface area contributed by atoms with Gasteiger partial charge in [-0.2, -0.15) is 0 Å². The number of aliphatic carboxylic acids is 1. The molecule has 0 saturated carbocycles. The Morgan fingerprint density at radius 1 is 1.42 bits per heavy atom. The van der Waals surface area contributed by atoms with Gasteiger partial charge in [0.15, 0.2) is 0 Å². The van der Waals surface area contributed by atoms with Crippen LogP contribution < -0.4 is 5.32 Å². The van der Waals surface area contributed by atoms with Crippen molar-refractivity contribution in [1.29, 1.82) is 0 Å². The summed E-state index contributed by atoms with van der Waals surface area (Å²) >= 11 is 0. The summed E-state index contributed by atoms with van der Waals surface area (Å²) in [5.41, 5.74) is 0. The highest BCUT2D eigenvalue weighted by atomic mass is 16.4. The Morgan fingerprint density at radius 2 is 2.11 bits per heavy atom. The molecule has 0 aromatic carbocycles. The zero-order valence-electron chi connectivity index (χ0n) is 11.4. The van der Waals surface area contributed by atoms with E-state index in [9.17, 15) is 9.59 Å². The lowest BCUT2D eigenvalue weighted by molar-refractivity contribution is -0.139. The number of nitrogens with one attached hydrogen (secondary N) is 2. The lowest BCUT2D eigenvalue weighted by atomic mass is 10.1. The summed E-state index contributed by atoms with van der Waals surface area (Å²) in [7, 11) is 0. The van der Waals surface area contributed by atoms with Crippen molar-refractivity contribution in [3.63, 3.8) is 0 Å². The molecule has 7 heteroatoms. The third-order valence-electron chi connectivity index (χ3n) is 2.70. The number of hydrogen-bond donors (Lipinski definition) is 3. The minimum Gasteiger partial charge on any atom is -0.480 e. The second-order valence-electron chi connectivity index (χ2n) is 4.71. The Morgan fingerprint density at radius 3 is 2.58 bits per heavy atom. The van der Waals surface area contributed by atoms with Crippen molar-refractivity contribution in [1.82, 2.24) is 20.5 Å². The molecule has 19 heavy (non-hydrogen) atoms. The van der Waals surface area contributed by atoms with Crippen molar-refractivity contribution < 1.29 is 14.7 Å². The van der Waals surface area contributed by atoms with Gasteiger partial charge in [-0.1, -0.05) is 33.6 Å². The van der Waals surface area contributed by atoms with Gasteiger partial charge in [0.2, 0.25) is 5.82 Å². The fourth-order valence-corrected chi connectivity index (χ4v) is 1.52. The molecule has 1 atom stereocenters. The zero-order valence-corrected chi connectivity index (χ0v) is 11.4. The lowest BCUT2D eigenvalue weighted by Gasteiger charge is -2.12. The second-order valence-corrected chi connectivity index (χ2v) is 4.71. The average Bonchev–Trinajstić information content (AvgIpc) is 2.83. The summed E-state index contributed by atoms with van der Waals surface area (Å²) in [6.45, 7) is 5.80. The van der Waals surface area contributed by atoms with E-state index >= 15 is 0 Å². The summed E-state index contributed by atoms with van der Waals surface area (Å²) in [5.74, 6) is -0.894. The van der Waals surface area contributed by atoms with E-state index in [2.05, 4.69) is 20.5 Å². The molecule has 0 radical (unpaired) electrons. The maximum Gasteiger partial charge on any atom is 0.326 e. The van der Waals surface area contributed by atoms with Gasteiger partial charge < -0.3 is 10.4 Å². The average molecular weight is 268 g/mol. The number of carbonyl (C=O) groups excluding carboxylic acids is 1. The molecule has 1 aromatic rings. The van der Waals surface area contributed by atoms with Gasteiger partial charge in [0.25, 0.3) is 5.91 Å². The molecule has 106 valence electrons. The number of aromatic amines is 1. The second kappa shape index (κ2) is 6.86. The molecule has 0 bridgehead atoms. The lowest BCUT2D eigenvalue weighted by Crippen LogP contribution is -2.41. The maximum absolute atomic E-state index is 11.8. The number of unbranched alkanes of at least 4 members (excludes halogenated alkanes) is 1. The summed E-state index contributed by atoms with van der Waals surface area (Å²) in [5, 5.41) is 17.9. The summed E-state index contributed by atoms with van der Waals surface area (Å²) < 4.78 is 0. The molecular formula is C12H20N4O3. The van der Waals surface area contributed by atoms with Crippen LogP contribution in [0.5, 0.6) is 0 Å². The summed E-state index contributed by atoms with van der Waals surface area (Å²) in [4.78, 5) is 26.9. The van der Waals surface area contributed by atoms with Gasteiger partial charge in [-0.3, -0.25) is 9.89 Å². The van der Waals surface area contributed by atoms with Crippen molar-refractivity contribution >= 4 is 11.9 Å². The normalized spacial score (nSPS) is 12.4. The van der Waals surface area contributed by atoms with Crippen LogP contribution in [0.1, 0.15) is 62.4 Å². The number of rotatable bonds is 7. The molecule has 7 nitrogen and oxygen atoms in total. The molecular weight excluding hydrogens is 248 g/mol. The Bertz CT molecular complexity index is 442. The molecule has 0 aliphatic carbocycles. The SMILES string of the molecule is CCCCC(NC(=O)c1n[nH]c(C(C)C)n1)C(=O)O. The van der Waals surface area contributed by atoms with Gasteiger partial charge in [0, 0.05) is 5.92 Å². The Hall–Kier alpha value is -1.92. The van der Waals surface area contributed by atoms with Crippen LogP contribution >= 0.6 is 0 Å². The molecule has 0 spiro atoms. The quantitative estimate of drug-likeness (QED) is 0.690. The molecule has 0 fully saturated rings. The first-order valence-electron chi connectivity index (χ1n) is 6.41. The van der Waals surface area contributed by atoms with Gasteiger partial charge >= 0.3 is 5.97 Å². The smallest absolute Gasteiger partial charge is 0.326 e. The number of hydrogen-bond acceptors (Lipinski definition) is 4. The van der Waals surface area contributed by atoms with Crippen molar-refractivity contribution in [2.24, 2.45) is 0 Å². The van der Waals surface area contributed by atoms with Gasteiger partial charge in [0.05, 0.1) is 0 Å². The van der Waals surface area contributed by atoms with Crippen LogP contribution in [0.15, 0.2) is 0 Å². The molecule has 1 rings (SSSR count). The largest absolute Gasteiger partial charge is 0.480 e. The Kier molecular flexibility index (Phi) is 5.47. The van der Waals surface area contributed by atoms with E-state index in [1.165, 1.54) is 0 Å². The molecule has 1 unspecified atom stereocenters. The van der Waals surface area contributed by atoms with E-state index in [1.807, 2.05) is 20.8 Å². The monoisotopic (exact) mass is 268 g/mol.